The molecule has 0 aliphatic carbocycles. The minimum atomic E-state index is 0.283. The van der Waals surface area contributed by atoms with Crippen molar-refractivity contribution in [2.45, 2.75) is 51.6 Å². The van der Waals surface area contributed by atoms with Crippen molar-refractivity contribution >= 4 is 17.3 Å². The molecule has 1 aliphatic rings. The molecule has 1 unspecified atom stereocenters. The zero-order chi connectivity index (χ0) is 15.1. The van der Waals surface area contributed by atoms with Crippen LogP contribution in [0.1, 0.15) is 44.6 Å². The summed E-state index contributed by atoms with van der Waals surface area (Å²) in [5.74, 6) is 0. The monoisotopic (exact) mass is 310 g/mol. The summed E-state index contributed by atoms with van der Waals surface area (Å²) in [6, 6.07) is 6.76. The van der Waals surface area contributed by atoms with E-state index in [1.54, 1.807) is 0 Å². The van der Waals surface area contributed by atoms with Crippen molar-refractivity contribution < 1.29 is 5.11 Å². The second-order valence-corrected chi connectivity index (χ2v) is 6.24. The predicted octanol–water partition coefficient (Wildman–Crippen LogP) is 3.58. The largest absolute Gasteiger partial charge is 0.396 e. The molecule has 2 rings (SSSR count). The molecule has 0 saturated carbocycles. The van der Waals surface area contributed by atoms with Crippen LogP contribution in [0.15, 0.2) is 18.2 Å². The zero-order valence-corrected chi connectivity index (χ0v) is 13.7. The molecule has 1 saturated heterocycles. The van der Waals surface area contributed by atoms with Gasteiger partial charge in [-0.3, -0.25) is 0 Å². The maximum Gasteiger partial charge on any atom is 0.0431 e. The number of nitrogens with one attached hydrogen (secondary N) is 1. The van der Waals surface area contributed by atoms with E-state index in [1.165, 1.54) is 24.1 Å². The number of hydrogen-bond acceptors (Lipinski definition) is 3. The Morgan fingerprint density at radius 3 is 3.05 bits per heavy atom. The van der Waals surface area contributed by atoms with Crippen molar-refractivity contribution in [3.05, 3.63) is 28.8 Å². The number of anilines is 1. The molecule has 118 valence electrons. The lowest BCUT2D eigenvalue weighted by Crippen LogP contribution is -2.31. The average Bonchev–Trinajstić information content (AvgIpc) is 2.95. The minimum Gasteiger partial charge on any atom is -0.396 e. The van der Waals surface area contributed by atoms with Gasteiger partial charge in [-0.15, -0.1) is 0 Å². The smallest absolute Gasteiger partial charge is 0.0431 e. The molecule has 0 amide bonds. The quantitative estimate of drug-likeness (QED) is 0.720. The fourth-order valence-electron chi connectivity index (χ4n) is 3.13. The number of rotatable bonds is 8. The fourth-order valence-corrected chi connectivity index (χ4v) is 3.30. The summed E-state index contributed by atoms with van der Waals surface area (Å²) in [4.78, 5) is 2.49. The average molecular weight is 311 g/mol. The van der Waals surface area contributed by atoms with E-state index in [9.17, 15) is 0 Å². The number of benzene rings is 1. The first-order valence-corrected chi connectivity index (χ1v) is 8.50. The van der Waals surface area contributed by atoms with Gasteiger partial charge in [0, 0.05) is 36.4 Å². The Morgan fingerprint density at radius 2 is 2.29 bits per heavy atom. The fraction of sp³-hybridized carbons (Fsp3) is 0.647. The van der Waals surface area contributed by atoms with Gasteiger partial charge < -0.3 is 15.3 Å². The maximum atomic E-state index is 9.08. The Balaban J connectivity index is 2.13. The lowest BCUT2D eigenvalue weighted by molar-refractivity contribution is 0.279. The number of nitrogens with zero attached hydrogens (tertiary/aromatic N) is 1. The van der Waals surface area contributed by atoms with Gasteiger partial charge in [0.2, 0.25) is 0 Å². The summed E-state index contributed by atoms with van der Waals surface area (Å²) in [6.45, 7) is 5.49. The second-order valence-electron chi connectivity index (χ2n) is 5.81. The lowest BCUT2D eigenvalue weighted by atomic mass is 10.1. The van der Waals surface area contributed by atoms with Crippen LogP contribution in [0.3, 0.4) is 0 Å². The lowest BCUT2D eigenvalue weighted by Gasteiger charge is -2.29. The Kier molecular flexibility index (Phi) is 6.81. The Morgan fingerprint density at radius 1 is 1.43 bits per heavy atom. The molecule has 2 N–H and O–H groups in total. The van der Waals surface area contributed by atoms with E-state index in [4.69, 9.17) is 16.7 Å². The van der Waals surface area contributed by atoms with Crippen molar-refractivity contribution in [2.75, 3.05) is 24.6 Å². The van der Waals surface area contributed by atoms with Gasteiger partial charge in [-0.05, 0) is 56.3 Å². The molecular formula is C17H27ClN2O. The molecule has 1 atom stereocenters. The maximum absolute atomic E-state index is 9.08. The van der Waals surface area contributed by atoms with Crippen molar-refractivity contribution in [1.82, 2.24) is 5.32 Å². The van der Waals surface area contributed by atoms with Crippen LogP contribution in [-0.2, 0) is 6.54 Å². The summed E-state index contributed by atoms with van der Waals surface area (Å²) in [5, 5.41) is 13.4. The van der Waals surface area contributed by atoms with E-state index in [0.717, 1.165) is 43.9 Å². The second kappa shape index (κ2) is 8.62. The number of aliphatic hydroxyl groups excluding tert-OH is 1. The van der Waals surface area contributed by atoms with Crippen LogP contribution >= 0.6 is 11.6 Å². The van der Waals surface area contributed by atoms with Crippen LogP contribution in [0.25, 0.3) is 0 Å². The summed E-state index contributed by atoms with van der Waals surface area (Å²) in [7, 11) is 0. The highest BCUT2D eigenvalue weighted by Gasteiger charge is 2.25. The third-order valence-electron chi connectivity index (χ3n) is 4.17. The Labute approximate surface area is 133 Å². The summed E-state index contributed by atoms with van der Waals surface area (Å²) < 4.78 is 0. The first-order chi connectivity index (χ1) is 10.3. The van der Waals surface area contributed by atoms with E-state index in [0.29, 0.717) is 6.04 Å². The van der Waals surface area contributed by atoms with Gasteiger partial charge in [-0.2, -0.15) is 0 Å². The molecular weight excluding hydrogens is 284 g/mol. The minimum absolute atomic E-state index is 0.283. The molecule has 1 aliphatic heterocycles. The number of aliphatic hydroxyl groups is 1. The first-order valence-electron chi connectivity index (χ1n) is 8.13. The van der Waals surface area contributed by atoms with Gasteiger partial charge in [-0.1, -0.05) is 24.6 Å². The highest BCUT2D eigenvalue weighted by Crippen LogP contribution is 2.32. The number of hydrogen-bond donors (Lipinski definition) is 2. The normalized spacial score (nSPS) is 18.4. The molecule has 3 nitrogen and oxygen atoms in total. The molecule has 4 heteroatoms. The van der Waals surface area contributed by atoms with Crippen LogP contribution in [0.2, 0.25) is 5.02 Å². The summed E-state index contributed by atoms with van der Waals surface area (Å²) in [6.07, 6.45) is 5.53. The topological polar surface area (TPSA) is 35.5 Å². The molecule has 0 radical (unpaired) electrons. The Bertz CT molecular complexity index is 439. The highest BCUT2D eigenvalue weighted by atomic mass is 35.5. The van der Waals surface area contributed by atoms with Crippen LogP contribution in [0.4, 0.5) is 5.69 Å². The standard InChI is InChI=1S/C17H27ClN2O/c1-2-9-19-13-14-7-8-15(18)12-17(14)20-10-3-5-16(20)6-4-11-21/h7-8,12,16,19,21H,2-6,9-11,13H2,1H3. The molecule has 1 fully saturated rings. The van der Waals surface area contributed by atoms with Crippen molar-refractivity contribution in [1.29, 1.82) is 0 Å². The highest BCUT2D eigenvalue weighted by molar-refractivity contribution is 6.30. The molecule has 0 spiro atoms. The molecule has 21 heavy (non-hydrogen) atoms. The predicted molar refractivity (Wildman–Crippen MR) is 90.1 cm³/mol. The molecule has 0 bridgehead atoms. The van der Waals surface area contributed by atoms with Gasteiger partial charge in [0.05, 0.1) is 0 Å². The van der Waals surface area contributed by atoms with Gasteiger partial charge in [0.25, 0.3) is 0 Å². The molecule has 1 heterocycles. The van der Waals surface area contributed by atoms with E-state index in [-0.39, 0.29) is 6.61 Å². The summed E-state index contributed by atoms with van der Waals surface area (Å²) in [5.41, 5.74) is 2.59. The van der Waals surface area contributed by atoms with Crippen LogP contribution in [0, 0.1) is 0 Å². The van der Waals surface area contributed by atoms with Crippen LogP contribution in [-0.4, -0.2) is 30.8 Å². The van der Waals surface area contributed by atoms with Gasteiger partial charge in [0.15, 0.2) is 0 Å². The molecule has 1 aromatic rings. The van der Waals surface area contributed by atoms with Gasteiger partial charge >= 0.3 is 0 Å². The van der Waals surface area contributed by atoms with Crippen LogP contribution in [0.5, 0.6) is 0 Å². The first kappa shape index (κ1) is 16.6. The Hall–Kier alpha value is -0.770. The third-order valence-corrected chi connectivity index (χ3v) is 4.41. The van der Waals surface area contributed by atoms with Crippen molar-refractivity contribution in [2.24, 2.45) is 0 Å². The molecule has 0 aromatic heterocycles. The van der Waals surface area contributed by atoms with E-state index < -0.39 is 0 Å². The van der Waals surface area contributed by atoms with Crippen molar-refractivity contribution in [3.63, 3.8) is 0 Å². The van der Waals surface area contributed by atoms with Gasteiger partial charge in [-0.25, -0.2) is 0 Å². The van der Waals surface area contributed by atoms with E-state index >= 15 is 0 Å². The van der Waals surface area contributed by atoms with E-state index in [1.807, 2.05) is 6.07 Å². The number of halogens is 1. The molecule has 1 aromatic carbocycles. The third kappa shape index (κ3) is 4.60. The van der Waals surface area contributed by atoms with E-state index in [2.05, 4.69) is 29.3 Å². The van der Waals surface area contributed by atoms with Crippen molar-refractivity contribution in [3.8, 4) is 0 Å². The summed E-state index contributed by atoms with van der Waals surface area (Å²) >= 11 is 6.22. The zero-order valence-electron chi connectivity index (χ0n) is 12.9. The van der Waals surface area contributed by atoms with Crippen LogP contribution < -0.4 is 10.2 Å². The van der Waals surface area contributed by atoms with Gasteiger partial charge in [0.1, 0.15) is 0 Å². The SMILES string of the molecule is CCCNCc1ccc(Cl)cc1N1CCCC1CCCO.